The maximum absolute atomic E-state index is 13.6. The molecule has 218 valence electrons. The fourth-order valence-corrected chi connectivity index (χ4v) is 4.39. The van der Waals surface area contributed by atoms with Gasteiger partial charge in [0.05, 0.1) is 16.9 Å². The van der Waals surface area contributed by atoms with E-state index in [4.69, 9.17) is 26.0 Å². The van der Waals surface area contributed by atoms with Crippen LogP contribution in [0.1, 0.15) is 36.7 Å². The van der Waals surface area contributed by atoms with Crippen LogP contribution in [0.5, 0.6) is 0 Å². The van der Waals surface area contributed by atoms with Crippen molar-refractivity contribution in [2.75, 3.05) is 23.8 Å². The zero-order chi connectivity index (χ0) is 29.7. The average molecular weight is 592 g/mol. The highest BCUT2D eigenvalue weighted by atomic mass is 35.5. The van der Waals surface area contributed by atoms with E-state index in [1.165, 1.54) is 21.1 Å². The number of carbonyl (C=O) groups is 2. The van der Waals surface area contributed by atoms with Crippen LogP contribution >= 0.6 is 11.6 Å². The maximum atomic E-state index is 13.6. The van der Waals surface area contributed by atoms with E-state index in [9.17, 15) is 9.59 Å². The minimum atomic E-state index is -0.738. The minimum absolute atomic E-state index is 0.0291. The lowest BCUT2D eigenvalue weighted by Gasteiger charge is -2.38. The molecule has 12 nitrogen and oxygen atoms in total. The number of esters is 1. The molecule has 0 saturated carbocycles. The number of nitrogens with one attached hydrogen (secondary N) is 1. The monoisotopic (exact) mass is 591 g/mol. The van der Waals surface area contributed by atoms with Crippen LogP contribution in [-0.4, -0.2) is 62.3 Å². The van der Waals surface area contributed by atoms with Crippen LogP contribution in [0.3, 0.4) is 0 Å². The number of halogens is 1. The van der Waals surface area contributed by atoms with Crippen molar-refractivity contribution < 1.29 is 24.0 Å². The molecule has 3 aromatic carbocycles. The number of tetrazole rings is 1. The fourth-order valence-electron chi connectivity index (χ4n) is 4.22. The second kappa shape index (κ2) is 12.7. The van der Waals surface area contributed by atoms with Crippen molar-refractivity contribution in [1.82, 2.24) is 25.3 Å². The van der Waals surface area contributed by atoms with E-state index in [1.54, 1.807) is 63.2 Å². The predicted molar refractivity (Wildman–Crippen MR) is 155 cm³/mol. The van der Waals surface area contributed by atoms with Crippen LogP contribution in [0.25, 0.3) is 5.69 Å². The second-order valence-electron chi connectivity index (χ2n) is 10.5. The summed E-state index contributed by atoms with van der Waals surface area (Å²) in [5, 5.41) is 17.8. The first-order valence-corrected chi connectivity index (χ1v) is 13.6. The number of hydrogen-bond acceptors (Lipinski definition) is 10. The molecule has 1 amide bonds. The normalized spacial score (nSPS) is 14.8. The number of hydroxylamine groups is 3. The lowest BCUT2D eigenvalue weighted by molar-refractivity contribution is -0.279. The highest BCUT2D eigenvalue weighted by Gasteiger charge is 2.33. The lowest BCUT2D eigenvalue weighted by atomic mass is 10.0. The van der Waals surface area contributed by atoms with Gasteiger partial charge in [-0.05, 0) is 85.6 Å². The van der Waals surface area contributed by atoms with Crippen molar-refractivity contribution in [3.8, 4) is 5.69 Å². The number of amides is 1. The summed E-state index contributed by atoms with van der Waals surface area (Å²) < 4.78 is 6.91. The number of nitrogens with zero attached hydrogens (tertiary/aromatic N) is 6. The van der Waals surface area contributed by atoms with Crippen molar-refractivity contribution in [3.05, 3.63) is 95.3 Å². The molecule has 1 N–H and O–H groups in total. The first-order valence-electron chi connectivity index (χ1n) is 13.2. The maximum Gasteiger partial charge on any atom is 0.338 e. The van der Waals surface area contributed by atoms with E-state index < -0.39 is 17.6 Å². The van der Waals surface area contributed by atoms with Crippen LogP contribution in [0.15, 0.2) is 79.1 Å². The van der Waals surface area contributed by atoms with Crippen molar-refractivity contribution in [2.24, 2.45) is 0 Å². The van der Waals surface area contributed by atoms with Crippen molar-refractivity contribution in [3.63, 3.8) is 0 Å². The Kier molecular flexibility index (Phi) is 8.78. The Hall–Kier alpha value is -4.36. The SMILES string of the molecule is CC(C)(C)OC(=O)c1ccc(NC(=O)C(Cc2ccccc2)N2CON(c3cc(Cl)ccc3-n3cnnn3)CO2)cc1. The quantitative estimate of drug-likeness (QED) is 0.294. The molecule has 2 heterocycles. The molecule has 5 rings (SSSR count). The van der Waals surface area contributed by atoms with Gasteiger partial charge in [-0.15, -0.1) is 10.2 Å². The van der Waals surface area contributed by atoms with Crippen molar-refractivity contribution in [2.45, 2.75) is 38.8 Å². The molecule has 4 aromatic rings. The molecule has 13 heteroatoms. The summed E-state index contributed by atoms with van der Waals surface area (Å²) in [5.74, 6) is -0.744. The van der Waals surface area contributed by atoms with E-state index in [0.717, 1.165) is 5.56 Å². The van der Waals surface area contributed by atoms with Crippen LogP contribution in [0.4, 0.5) is 11.4 Å². The zero-order valence-corrected chi connectivity index (χ0v) is 24.1. The zero-order valence-electron chi connectivity index (χ0n) is 23.3. The number of benzene rings is 3. The number of carbonyl (C=O) groups excluding carboxylic acids is 2. The molecule has 0 bridgehead atoms. The van der Waals surface area contributed by atoms with E-state index in [2.05, 4.69) is 20.8 Å². The molecule has 0 radical (unpaired) electrons. The first-order chi connectivity index (χ1) is 20.2. The summed E-state index contributed by atoms with van der Waals surface area (Å²) in [7, 11) is 0. The molecule has 1 atom stereocenters. The smallest absolute Gasteiger partial charge is 0.338 e. The van der Waals surface area contributed by atoms with Gasteiger partial charge < -0.3 is 10.1 Å². The molecule has 1 aliphatic rings. The summed E-state index contributed by atoms with van der Waals surface area (Å²) in [4.78, 5) is 38.1. The molecule has 1 aromatic heterocycles. The summed E-state index contributed by atoms with van der Waals surface area (Å²) >= 11 is 6.27. The van der Waals surface area contributed by atoms with Crippen molar-refractivity contribution >= 4 is 34.9 Å². The van der Waals surface area contributed by atoms with Crippen LogP contribution in [0.2, 0.25) is 5.02 Å². The average Bonchev–Trinajstić information content (AvgIpc) is 3.51. The van der Waals surface area contributed by atoms with E-state index in [1.807, 2.05) is 30.3 Å². The Morgan fingerprint density at radius 3 is 2.40 bits per heavy atom. The summed E-state index contributed by atoms with van der Waals surface area (Å²) in [6.07, 6.45) is 1.82. The van der Waals surface area contributed by atoms with Gasteiger partial charge >= 0.3 is 5.97 Å². The van der Waals surface area contributed by atoms with Gasteiger partial charge in [0.15, 0.2) is 13.5 Å². The van der Waals surface area contributed by atoms with Gasteiger partial charge in [0, 0.05) is 10.7 Å². The first kappa shape index (κ1) is 29.1. The molecule has 42 heavy (non-hydrogen) atoms. The molecule has 1 fully saturated rings. The largest absolute Gasteiger partial charge is 0.456 e. The van der Waals surface area contributed by atoms with Gasteiger partial charge in [0.1, 0.15) is 18.0 Å². The highest BCUT2D eigenvalue weighted by molar-refractivity contribution is 6.31. The van der Waals surface area contributed by atoms with E-state index >= 15 is 0 Å². The molecule has 1 unspecified atom stereocenters. The Balaban J connectivity index is 1.30. The summed E-state index contributed by atoms with van der Waals surface area (Å²) in [6.45, 7) is 5.34. The number of rotatable bonds is 8. The Morgan fingerprint density at radius 1 is 1.00 bits per heavy atom. The fraction of sp³-hybridized carbons (Fsp3) is 0.276. The van der Waals surface area contributed by atoms with Gasteiger partial charge in [-0.2, -0.15) is 4.68 Å². The summed E-state index contributed by atoms with van der Waals surface area (Å²) in [6, 6.07) is 20.6. The van der Waals surface area contributed by atoms with Crippen LogP contribution in [-0.2, 0) is 25.6 Å². The van der Waals surface area contributed by atoms with E-state index in [-0.39, 0.29) is 19.4 Å². The van der Waals surface area contributed by atoms with Crippen molar-refractivity contribution in [1.29, 1.82) is 0 Å². The van der Waals surface area contributed by atoms with Gasteiger partial charge in [0.25, 0.3) is 0 Å². The van der Waals surface area contributed by atoms with Gasteiger partial charge in [-0.3, -0.25) is 14.5 Å². The number of aromatic nitrogens is 4. The second-order valence-corrected chi connectivity index (χ2v) is 10.9. The molecule has 0 spiro atoms. The predicted octanol–water partition coefficient (Wildman–Crippen LogP) is 4.42. The number of ether oxygens (including phenoxy) is 1. The Bertz CT molecular complexity index is 1500. The molecule has 1 saturated heterocycles. The molecule has 1 aliphatic heterocycles. The van der Waals surface area contributed by atoms with Gasteiger partial charge in [0.2, 0.25) is 5.91 Å². The standard InChI is InChI=1S/C29H30ClN7O5/c1-29(2,3)42-28(39)21-9-12-23(13-10-21)32-27(38)26(15-20-7-5-4-6-8-20)37-19-40-36(18-41-37)25-16-22(30)11-14-24(25)35-17-31-33-34-35/h4-14,16-17,26H,15,18-19H2,1-3H3,(H,32,38). The van der Waals surface area contributed by atoms with E-state index in [0.29, 0.717) is 34.1 Å². The third-order valence-corrected chi connectivity index (χ3v) is 6.43. The summed E-state index contributed by atoms with van der Waals surface area (Å²) in [5.41, 5.74) is 2.47. The van der Waals surface area contributed by atoms with Crippen LogP contribution in [0, 0.1) is 0 Å². The lowest BCUT2D eigenvalue weighted by Crippen LogP contribution is -2.52. The van der Waals surface area contributed by atoms with Crippen LogP contribution < -0.4 is 10.4 Å². The molecule has 0 aliphatic carbocycles. The highest BCUT2D eigenvalue weighted by Crippen LogP contribution is 2.30. The molecular weight excluding hydrogens is 562 g/mol. The number of hydrogen-bond donors (Lipinski definition) is 1. The third-order valence-electron chi connectivity index (χ3n) is 6.19. The van der Waals surface area contributed by atoms with Gasteiger partial charge in [-0.25, -0.2) is 9.86 Å². The topological polar surface area (TPSA) is 124 Å². The Labute approximate surface area is 247 Å². The van der Waals surface area contributed by atoms with Gasteiger partial charge in [-0.1, -0.05) is 41.9 Å². The third kappa shape index (κ3) is 7.28. The minimum Gasteiger partial charge on any atom is -0.456 e. The Morgan fingerprint density at radius 2 is 1.76 bits per heavy atom. The number of anilines is 2. The molecular formula is C29H30ClN7O5.